The molecule has 9 heteroatoms. The van der Waals surface area contributed by atoms with Crippen LogP contribution in [0.1, 0.15) is 25.7 Å². The van der Waals surface area contributed by atoms with Crippen molar-refractivity contribution in [2.75, 3.05) is 26.2 Å². The van der Waals surface area contributed by atoms with E-state index in [2.05, 4.69) is 27.8 Å². The first-order valence-electron chi connectivity index (χ1n) is 9.78. The highest BCUT2D eigenvalue weighted by Crippen LogP contribution is 2.23. The minimum absolute atomic E-state index is 0.0522. The van der Waals surface area contributed by atoms with Crippen LogP contribution in [0.25, 0.3) is 0 Å². The van der Waals surface area contributed by atoms with E-state index >= 15 is 0 Å². The standard InChI is InChI=1S/C20H26BrN3O4S/c1-2-19(25)23-12-9-15(10-13-23)20(26)22-17-4-3-11-24(14-17)29(27,28)18-7-5-16(21)6-8-18/h2,5-8,15,17H,1,3-4,9-14H2,(H,22,26). The number of carbonyl (C=O) groups excluding carboxylic acids is 2. The lowest BCUT2D eigenvalue weighted by molar-refractivity contribution is -0.132. The molecule has 2 heterocycles. The van der Waals surface area contributed by atoms with E-state index in [0.717, 1.165) is 10.9 Å². The predicted molar refractivity (Wildman–Crippen MR) is 114 cm³/mol. The van der Waals surface area contributed by atoms with Crippen molar-refractivity contribution < 1.29 is 18.0 Å². The van der Waals surface area contributed by atoms with Crippen molar-refractivity contribution in [1.82, 2.24) is 14.5 Å². The summed E-state index contributed by atoms with van der Waals surface area (Å²) in [5.41, 5.74) is 0. The van der Waals surface area contributed by atoms with Crippen LogP contribution in [0, 0.1) is 5.92 Å². The number of piperidine rings is 2. The van der Waals surface area contributed by atoms with Gasteiger partial charge < -0.3 is 10.2 Å². The molecule has 2 aliphatic heterocycles. The van der Waals surface area contributed by atoms with Crippen LogP contribution < -0.4 is 5.32 Å². The number of benzene rings is 1. The van der Waals surface area contributed by atoms with Crippen molar-refractivity contribution in [3.05, 3.63) is 41.4 Å². The maximum atomic E-state index is 12.9. The van der Waals surface area contributed by atoms with E-state index in [1.807, 2.05) is 0 Å². The van der Waals surface area contributed by atoms with Gasteiger partial charge in [0.05, 0.1) is 4.90 Å². The minimum atomic E-state index is -3.58. The monoisotopic (exact) mass is 483 g/mol. The fraction of sp³-hybridized carbons (Fsp3) is 0.500. The third-order valence-corrected chi connectivity index (χ3v) is 7.94. The fourth-order valence-electron chi connectivity index (χ4n) is 3.84. The van der Waals surface area contributed by atoms with Crippen LogP contribution in [0.3, 0.4) is 0 Å². The van der Waals surface area contributed by atoms with Gasteiger partial charge in [0.15, 0.2) is 0 Å². The highest BCUT2D eigenvalue weighted by atomic mass is 79.9. The molecule has 1 unspecified atom stereocenters. The third-order valence-electron chi connectivity index (χ3n) is 5.53. The Bertz CT molecular complexity index is 864. The van der Waals surface area contributed by atoms with Gasteiger partial charge in [-0.25, -0.2) is 8.42 Å². The molecule has 0 saturated carbocycles. The molecule has 3 rings (SSSR count). The van der Waals surface area contributed by atoms with Crippen LogP contribution in [0.4, 0.5) is 0 Å². The zero-order valence-electron chi connectivity index (χ0n) is 16.2. The normalized spacial score (nSPS) is 21.6. The Labute approximate surface area is 180 Å². The second-order valence-corrected chi connectivity index (χ2v) is 10.3. The Hall–Kier alpha value is -1.71. The quantitative estimate of drug-likeness (QED) is 0.649. The van der Waals surface area contributed by atoms with Crippen molar-refractivity contribution in [1.29, 1.82) is 0 Å². The number of nitrogens with zero attached hydrogens (tertiary/aromatic N) is 2. The van der Waals surface area contributed by atoms with Crippen LogP contribution in [0.15, 0.2) is 46.3 Å². The lowest BCUT2D eigenvalue weighted by Crippen LogP contribution is -2.51. The zero-order chi connectivity index (χ0) is 21.0. The first-order valence-corrected chi connectivity index (χ1v) is 12.0. The molecular formula is C20H26BrN3O4S. The van der Waals surface area contributed by atoms with Gasteiger partial charge in [0, 0.05) is 42.6 Å². The zero-order valence-corrected chi connectivity index (χ0v) is 18.6. The summed E-state index contributed by atoms with van der Waals surface area (Å²) in [4.78, 5) is 26.3. The molecule has 2 fully saturated rings. The van der Waals surface area contributed by atoms with Crippen molar-refractivity contribution in [2.45, 2.75) is 36.6 Å². The van der Waals surface area contributed by atoms with Gasteiger partial charge in [-0.1, -0.05) is 22.5 Å². The molecule has 0 aliphatic carbocycles. The second-order valence-electron chi connectivity index (χ2n) is 7.47. The number of likely N-dealkylation sites (tertiary alicyclic amines) is 1. The van der Waals surface area contributed by atoms with E-state index in [0.29, 0.717) is 38.9 Å². The van der Waals surface area contributed by atoms with E-state index < -0.39 is 10.0 Å². The highest BCUT2D eigenvalue weighted by Gasteiger charge is 2.33. The van der Waals surface area contributed by atoms with Crippen LogP contribution in [0.5, 0.6) is 0 Å². The number of halogens is 1. The topological polar surface area (TPSA) is 86.8 Å². The van der Waals surface area contributed by atoms with Crippen molar-refractivity contribution in [3.63, 3.8) is 0 Å². The smallest absolute Gasteiger partial charge is 0.245 e. The van der Waals surface area contributed by atoms with Gasteiger partial charge in [0.1, 0.15) is 0 Å². The second kappa shape index (κ2) is 9.40. The van der Waals surface area contributed by atoms with E-state index in [9.17, 15) is 18.0 Å². The summed E-state index contributed by atoms with van der Waals surface area (Å²) in [6.45, 7) is 5.30. The summed E-state index contributed by atoms with van der Waals surface area (Å²) in [5.74, 6) is -0.309. The lowest BCUT2D eigenvalue weighted by atomic mass is 9.95. The van der Waals surface area contributed by atoms with E-state index in [1.54, 1.807) is 29.2 Å². The maximum Gasteiger partial charge on any atom is 0.245 e. The number of sulfonamides is 1. The third kappa shape index (κ3) is 5.26. The van der Waals surface area contributed by atoms with Crippen LogP contribution in [-0.2, 0) is 19.6 Å². The number of carbonyl (C=O) groups is 2. The van der Waals surface area contributed by atoms with Gasteiger partial charge in [-0.3, -0.25) is 9.59 Å². The summed E-state index contributed by atoms with van der Waals surface area (Å²) in [6, 6.07) is 6.38. The average molecular weight is 484 g/mol. The van der Waals surface area contributed by atoms with Gasteiger partial charge in [-0.15, -0.1) is 0 Å². The molecule has 158 valence electrons. The lowest BCUT2D eigenvalue weighted by Gasteiger charge is -2.35. The Morgan fingerprint density at radius 1 is 1.10 bits per heavy atom. The summed E-state index contributed by atoms with van der Waals surface area (Å²) < 4.78 is 28.1. The number of nitrogens with one attached hydrogen (secondary N) is 1. The van der Waals surface area contributed by atoms with Crippen LogP contribution in [-0.4, -0.2) is 61.7 Å². The number of amides is 2. The molecule has 1 aromatic carbocycles. The molecule has 1 aromatic rings. The number of hydrogen-bond donors (Lipinski definition) is 1. The molecule has 2 saturated heterocycles. The maximum absolute atomic E-state index is 12.9. The Kier molecular flexibility index (Phi) is 7.13. The largest absolute Gasteiger partial charge is 0.352 e. The Morgan fingerprint density at radius 2 is 1.76 bits per heavy atom. The van der Waals surface area contributed by atoms with E-state index in [-0.39, 0.29) is 35.2 Å². The van der Waals surface area contributed by atoms with Gasteiger partial charge in [0.25, 0.3) is 0 Å². The fourth-order valence-corrected chi connectivity index (χ4v) is 5.63. The van der Waals surface area contributed by atoms with Crippen LogP contribution >= 0.6 is 15.9 Å². The van der Waals surface area contributed by atoms with Gasteiger partial charge >= 0.3 is 0 Å². The highest BCUT2D eigenvalue weighted by molar-refractivity contribution is 9.10. The Balaban J connectivity index is 1.57. The molecule has 1 N–H and O–H groups in total. The molecule has 2 aliphatic rings. The molecule has 29 heavy (non-hydrogen) atoms. The van der Waals surface area contributed by atoms with Crippen molar-refractivity contribution in [3.8, 4) is 0 Å². The number of rotatable bonds is 5. The number of hydrogen-bond acceptors (Lipinski definition) is 4. The van der Waals surface area contributed by atoms with Gasteiger partial charge in [0.2, 0.25) is 21.8 Å². The van der Waals surface area contributed by atoms with Crippen molar-refractivity contribution in [2.24, 2.45) is 5.92 Å². The van der Waals surface area contributed by atoms with Crippen molar-refractivity contribution >= 4 is 37.8 Å². The molecule has 1 atom stereocenters. The Morgan fingerprint density at radius 3 is 2.38 bits per heavy atom. The molecule has 0 radical (unpaired) electrons. The predicted octanol–water partition coefficient (Wildman–Crippen LogP) is 2.14. The molecular weight excluding hydrogens is 458 g/mol. The van der Waals surface area contributed by atoms with E-state index in [1.165, 1.54) is 10.4 Å². The first kappa shape index (κ1) is 22.0. The summed E-state index contributed by atoms with van der Waals surface area (Å²) >= 11 is 3.32. The molecule has 0 aromatic heterocycles. The SMILES string of the molecule is C=CC(=O)N1CCC(C(=O)NC2CCCN(S(=O)(=O)c3ccc(Br)cc3)C2)CC1. The minimum Gasteiger partial charge on any atom is -0.352 e. The average Bonchev–Trinajstić information content (AvgIpc) is 2.73. The van der Waals surface area contributed by atoms with Gasteiger partial charge in [-0.2, -0.15) is 4.31 Å². The molecule has 2 amide bonds. The molecule has 0 bridgehead atoms. The van der Waals surface area contributed by atoms with E-state index in [4.69, 9.17) is 0 Å². The summed E-state index contributed by atoms with van der Waals surface area (Å²) in [6.07, 6.45) is 3.97. The molecule has 0 spiro atoms. The summed E-state index contributed by atoms with van der Waals surface area (Å²) in [5, 5.41) is 3.03. The van der Waals surface area contributed by atoms with Crippen LogP contribution in [0.2, 0.25) is 0 Å². The molecule has 7 nitrogen and oxygen atoms in total. The first-order chi connectivity index (χ1) is 13.8. The van der Waals surface area contributed by atoms with Gasteiger partial charge in [-0.05, 0) is 56.0 Å². The summed E-state index contributed by atoms with van der Waals surface area (Å²) in [7, 11) is -3.58.